The molecule has 26 heavy (non-hydrogen) atoms. The van der Waals surface area contributed by atoms with E-state index in [-0.39, 0.29) is 0 Å². The molecule has 0 saturated carbocycles. The van der Waals surface area contributed by atoms with Gasteiger partial charge in [-0.1, -0.05) is 103 Å². The van der Waals surface area contributed by atoms with Crippen molar-refractivity contribution in [3.05, 3.63) is 119 Å². The van der Waals surface area contributed by atoms with Crippen LogP contribution in [0, 0.1) is 0 Å². The fourth-order valence-electron chi connectivity index (χ4n) is 3.80. The van der Waals surface area contributed by atoms with Crippen LogP contribution in [0.1, 0.15) is 27.8 Å². The van der Waals surface area contributed by atoms with Crippen molar-refractivity contribution in [2.75, 3.05) is 0 Å². The molecule has 0 radical (unpaired) electrons. The zero-order chi connectivity index (χ0) is 17.3. The predicted molar refractivity (Wildman–Crippen MR) is 113 cm³/mol. The topological polar surface area (TPSA) is 0 Å². The van der Waals surface area contributed by atoms with Crippen LogP contribution >= 0.6 is 0 Å². The zero-order valence-electron chi connectivity index (χ0n) is 14.4. The van der Waals surface area contributed by atoms with E-state index in [1.165, 1.54) is 44.2 Å². The molecule has 0 fully saturated rings. The summed E-state index contributed by atoms with van der Waals surface area (Å²) in [5.74, 6) is 0. The van der Waals surface area contributed by atoms with E-state index in [1.807, 2.05) is 0 Å². The molecule has 1 aliphatic carbocycles. The van der Waals surface area contributed by atoms with Crippen LogP contribution in [0.5, 0.6) is 0 Å². The van der Waals surface area contributed by atoms with Gasteiger partial charge in [-0.05, 0) is 50.2 Å². The highest BCUT2D eigenvalue weighted by Gasteiger charge is 2.17. The van der Waals surface area contributed by atoms with Crippen LogP contribution < -0.4 is 0 Å². The molecular formula is C26H18. The molecule has 0 spiro atoms. The lowest BCUT2D eigenvalue weighted by atomic mass is 9.88. The van der Waals surface area contributed by atoms with Crippen LogP contribution in [-0.4, -0.2) is 0 Å². The van der Waals surface area contributed by atoms with Crippen LogP contribution in [0.3, 0.4) is 0 Å². The first-order chi connectivity index (χ1) is 12.9. The monoisotopic (exact) mass is 330 g/mol. The Morgan fingerprint density at radius 1 is 0.538 bits per heavy atom. The summed E-state index contributed by atoms with van der Waals surface area (Å²) in [5, 5.41) is 2.58. The van der Waals surface area contributed by atoms with Gasteiger partial charge in [0.25, 0.3) is 0 Å². The van der Waals surface area contributed by atoms with Crippen LogP contribution in [-0.2, 0) is 0 Å². The van der Waals surface area contributed by atoms with Crippen molar-refractivity contribution < 1.29 is 0 Å². The average molecular weight is 330 g/mol. The molecule has 122 valence electrons. The van der Waals surface area contributed by atoms with Crippen molar-refractivity contribution in [2.24, 2.45) is 0 Å². The molecule has 0 heteroatoms. The van der Waals surface area contributed by atoms with Gasteiger partial charge >= 0.3 is 0 Å². The second kappa shape index (κ2) is 6.16. The van der Waals surface area contributed by atoms with Gasteiger partial charge in [0, 0.05) is 0 Å². The summed E-state index contributed by atoms with van der Waals surface area (Å²) in [6, 6.07) is 32.3. The normalized spacial score (nSPS) is 14.1. The fraction of sp³-hybridized carbons (Fsp3) is 0. The molecule has 4 aromatic carbocycles. The molecule has 0 bridgehead atoms. The molecule has 0 heterocycles. The van der Waals surface area contributed by atoms with Crippen molar-refractivity contribution in [1.82, 2.24) is 0 Å². The molecule has 0 aliphatic heterocycles. The largest absolute Gasteiger partial charge is 0.0622 e. The summed E-state index contributed by atoms with van der Waals surface area (Å²) >= 11 is 0. The molecule has 1 aliphatic rings. The van der Waals surface area contributed by atoms with Crippen LogP contribution in [0.15, 0.2) is 91.0 Å². The molecule has 4 aromatic rings. The van der Waals surface area contributed by atoms with Gasteiger partial charge in [-0.25, -0.2) is 0 Å². The van der Waals surface area contributed by atoms with E-state index in [4.69, 9.17) is 0 Å². The Morgan fingerprint density at radius 3 is 2.19 bits per heavy atom. The summed E-state index contributed by atoms with van der Waals surface area (Å²) in [5.41, 5.74) is 7.62. The molecule has 0 saturated heterocycles. The predicted octanol–water partition coefficient (Wildman–Crippen LogP) is 6.91. The Labute approximate surface area is 153 Å². The minimum absolute atomic E-state index is 1.22. The summed E-state index contributed by atoms with van der Waals surface area (Å²) < 4.78 is 0. The Kier molecular flexibility index (Phi) is 3.54. The molecule has 0 unspecified atom stereocenters. The van der Waals surface area contributed by atoms with Crippen LogP contribution in [0.2, 0.25) is 0 Å². The summed E-state index contributed by atoms with van der Waals surface area (Å²) in [4.78, 5) is 0. The van der Waals surface area contributed by atoms with Gasteiger partial charge < -0.3 is 0 Å². The van der Waals surface area contributed by atoms with E-state index in [0.29, 0.717) is 0 Å². The molecule has 0 aromatic heterocycles. The summed E-state index contributed by atoms with van der Waals surface area (Å²) in [6.45, 7) is 0. The molecule has 5 rings (SSSR count). The molecule has 0 amide bonds. The second-order valence-electron chi connectivity index (χ2n) is 6.64. The Morgan fingerprint density at radius 2 is 1.27 bits per heavy atom. The number of hydrogen-bond acceptors (Lipinski definition) is 0. The third-order valence-corrected chi connectivity index (χ3v) is 5.03. The highest BCUT2D eigenvalue weighted by Crippen LogP contribution is 2.39. The van der Waals surface area contributed by atoms with E-state index in [9.17, 15) is 0 Å². The quantitative estimate of drug-likeness (QED) is 0.313. The number of benzene rings is 4. The number of fused-ring (bicyclic) bond motifs is 4. The highest BCUT2D eigenvalue weighted by atomic mass is 14.2. The third kappa shape index (κ3) is 2.48. The van der Waals surface area contributed by atoms with E-state index < -0.39 is 0 Å². The first-order valence-corrected chi connectivity index (χ1v) is 8.96. The van der Waals surface area contributed by atoms with Crippen molar-refractivity contribution in [3.8, 4) is 0 Å². The van der Waals surface area contributed by atoms with Gasteiger partial charge in [0.1, 0.15) is 0 Å². The van der Waals surface area contributed by atoms with E-state index in [2.05, 4.69) is 109 Å². The maximum absolute atomic E-state index is 2.32. The molecule has 0 nitrogen and oxygen atoms in total. The molecular weight excluding hydrogens is 312 g/mol. The Hall–Kier alpha value is -3.38. The molecule has 0 N–H and O–H groups in total. The molecule has 0 atom stereocenters. The lowest BCUT2D eigenvalue weighted by Gasteiger charge is -2.15. The van der Waals surface area contributed by atoms with Gasteiger partial charge in [0.05, 0.1) is 0 Å². The maximum Gasteiger partial charge on any atom is -0.00264 e. The fourth-order valence-corrected chi connectivity index (χ4v) is 3.80. The third-order valence-electron chi connectivity index (χ3n) is 5.03. The minimum atomic E-state index is 1.22. The maximum atomic E-state index is 2.32. The van der Waals surface area contributed by atoms with Crippen molar-refractivity contribution >= 4 is 34.6 Å². The standard InChI is InChI=1S/C26H18/c1-2-8-19(9-3-1)18-25-23-12-6-4-10-20(23)14-16-22-17-15-21-11-5-7-13-24(21)26(22)25/h1-18H/b25-18+. The van der Waals surface area contributed by atoms with E-state index in [0.717, 1.165) is 0 Å². The van der Waals surface area contributed by atoms with Crippen molar-refractivity contribution in [2.45, 2.75) is 0 Å². The number of hydrogen-bond donors (Lipinski definition) is 0. The lowest BCUT2D eigenvalue weighted by Crippen LogP contribution is -1.94. The minimum Gasteiger partial charge on any atom is -0.0622 e. The Balaban J connectivity index is 1.90. The van der Waals surface area contributed by atoms with Crippen molar-refractivity contribution in [3.63, 3.8) is 0 Å². The van der Waals surface area contributed by atoms with Crippen LogP contribution in [0.25, 0.3) is 34.6 Å². The van der Waals surface area contributed by atoms with E-state index >= 15 is 0 Å². The van der Waals surface area contributed by atoms with Crippen LogP contribution in [0.4, 0.5) is 0 Å². The van der Waals surface area contributed by atoms with Gasteiger partial charge in [0.15, 0.2) is 0 Å². The summed E-state index contributed by atoms with van der Waals surface area (Å²) in [7, 11) is 0. The van der Waals surface area contributed by atoms with Gasteiger partial charge in [-0.3, -0.25) is 0 Å². The second-order valence-corrected chi connectivity index (χ2v) is 6.64. The van der Waals surface area contributed by atoms with Gasteiger partial charge in [-0.15, -0.1) is 0 Å². The van der Waals surface area contributed by atoms with E-state index in [1.54, 1.807) is 0 Å². The van der Waals surface area contributed by atoms with Crippen molar-refractivity contribution in [1.29, 1.82) is 0 Å². The first kappa shape index (κ1) is 14.9. The van der Waals surface area contributed by atoms with Gasteiger partial charge in [-0.2, -0.15) is 0 Å². The van der Waals surface area contributed by atoms with Gasteiger partial charge in [0.2, 0.25) is 0 Å². The SMILES string of the molecule is C1=Cc2ccc3ccccc3c2/C(=C/c2ccccc2)c2ccccc21. The highest BCUT2D eigenvalue weighted by molar-refractivity contribution is 6.08. The zero-order valence-corrected chi connectivity index (χ0v) is 14.4. The first-order valence-electron chi connectivity index (χ1n) is 8.96. The average Bonchev–Trinajstić information content (AvgIpc) is 2.86. The number of rotatable bonds is 1. The lowest BCUT2D eigenvalue weighted by molar-refractivity contribution is 1.56. The summed E-state index contributed by atoms with van der Waals surface area (Å²) in [6.07, 6.45) is 6.79. The smallest absolute Gasteiger partial charge is 0.00264 e. The Bertz CT molecular complexity index is 1160.